The van der Waals surface area contributed by atoms with Crippen LogP contribution < -0.4 is 10.1 Å². The van der Waals surface area contributed by atoms with Gasteiger partial charge in [0.25, 0.3) is 0 Å². The highest BCUT2D eigenvalue weighted by molar-refractivity contribution is 5.28. The SMILES string of the molecule is CCCCCC(Cc1cccc(OC)c1)NCC. The molecule has 2 heteroatoms. The molecule has 0 amide bonds. The normalized spacial score (nSPS) is 12.4. The zero-order chi connectivity index (χ0) is 13.2. The molecule has 1 unspecified atom stereocenters. The molecule has 0 saturated carbocycles. The minimum Gasteiger partial charge on any atom is -0.497 e. The number of methoxy groups -OCH3 is 1. The summed E-state index contributed by atoms with van der Waals surface area (Å²) in [4.78, 5) is 0. The van der Waals surface area contributed by atoms with Gasteiger partial charge in [-0.1, -0.05) is 45.2 Å². The summed E-state index contributed by atoms with van der Waals surface area (Å²) in [6, 6.07) is 9.00. The Morgan fingerprint density at radius 3 is 2.72 bits per heavy atom. The summed E-state index contributed by atoms with van der Waals surface area (Å²) in [5, 5.41) is 3.59. The molecule has 0 aliphatic rings. The van der Waals surface area contributed by atoms with E-state index in [1.165, 1.54) is 31.2 Å². The summed E-state index contributed by atoms with van der Waals surface area (Å²) >= 11 is 0. The Morgan fingerprint density at radius 2 is 2.06 bits per heavy atom. The van der Waals surface area contributed by atoms with Crippen LogP contribution in [0.25, 0.3) is 0 Å². The van der Waals surface area contributed by atoms with Gasteiger partial charge in [0.2, 0.25) is 0 Å². The summed E-state index contributed by atoms with van der Waals surface area (Å²) in [5.74, 6) is 0.955. The van der Waals surface area contributed by atoms with Gasteiger partial charge in [0, 0.05) is 6.04 Å². The molecule has 0 fully saturated rings. The lowest BCUT2D eigenvalue weighted by Crippen LogP contribution is -2.30. The van der Waals surface area contributed by atoms with Crippen LogP contribution in [-0.2, 0) is 6.42 Å². The van der Waals surface area contributed by atoms with Crippen LogP contribution in [0.2, 0.25) is 0 Å². The van der Waals surface area contributed by atoms with Crippen molar-refractivity contribution in [1.29, 1.82) is 0 Å². The molecular weight excluding hydrogens is 222 g/mol. The predicted octanol–water partition coefficient (Wildman–Crippen LogP) is 3.80. The molecule has 1 rings (SSSR count). The molecule has 0 radical (unpaired) electrons. The second-order valence-electron chi connectivity index (χ2n) is 4.81. The molecule has 0 aliphatic heterocycles. The molecule has 0 aliphatic carbocycles. The Balaban J connectivity index is 2.52. The van der Waals surface area contributed by atoms with Crippen molar-refractivity contribution in [3.63, 3.8) is 0 Å². The smallest absolute Gasteiger partial charge is 0.119 e. The van der Waals surface area contributed by atoms with Crippen LogP contribution in [0.15, 0.2) is 24.3 Å². The Morgan fingerprint density at radius 1 is 1.22 bits per heavy atom. The summed E-state index contributed by atoms with van der Waals surface area (Å²) in [7, 11) is 1.72. The molecule has 1 atom stereocenters. The van der Waals surface area contributed by atoms with E-state index >= 15 is 0 Å². The second kappa shape index (κ2) is 8.98. The van der Waals surface area contributed by atoms with Crippen LogP contribution in [0, 0.1) is 0 Å². The van der Waals surface area contributed by atoms with Gasteiger partial charge in [0.1, 0.15) is 5.75 Å². The van der Waals surface area contributed by atoms with Crippen molar-refractivity contribution < 1.29 is 4.74 Å². The summed E-state index contributed by atoms with van der Waals surface area (Å²) in [6.07, 6.45) is 6.30. The molecule has 1 aromatic carbocycles. The van der Waals surface area contributed by atoms with E-state index in [0.29, 0.717) is 6.04 Å². The molecule has 18 heavy (non-hydrogen) atoms. The number of rotatable bonds is 9. The average Bonchev–Trinajstić information content (AvgIpc) is 2.39. The number of hydrogen-bond donors (Lipinski definition) is 1. The van der Waals surface area contributed by atoms with Crippen LogP contribution in [0.3, 0.4) is 0 Å². The third-order valence-electron chi connectivity index (χ3n) is 3.27. The van der Waals surface area contributed by atoms with Gasteiger partial charge in [-0.15, -0.1) is 0 Å². The fourth-order valence-electron chi connectivity index (χ4n) is 2.29. The van der Waals surface area contributed by atoms with Gasteiger partial charge in [-0.3, -0.25) is 0 Å². The lowest BCUT2D eigenvalue weighted by molar-refractivity contribution is 0.413. The standard InChI is InChI=1S/C16H27NO/c1-4-6-7-10-15(17-5-2)12-14-9-8-11-16(13-14)18-3/h8-9,11,13,15,17H,4-7,10,12H2,1-3H3. The second-order valence-corrected chi connectivity index (χ2v) is 4.81. The van der Waals surface area contributed by atoms with Crippen LogP contribution in [0.4, 0.5) is 0 Å². The largest absolute Gasteiger partial charge is 0.497 e. The van der Waals surface area contributed by atoms with Crippen LogP contribution in [0.1, 0.15) is 45.1 Å². The first kappa shape index (κ1) is 15.0. The van der Waals surface area contributed by atoms with Gasteiger partial charge in [0.05, 0.1) is 7.11 Å². The highest BCUT2D eigenvalue weighted by Gasteiger charge is 2.08. The van der Waals surface area contributed by atoms with Gasteiger partial charge < -0.3 is 10.1 Å². The van der Waals surface area contributed by atoms with Crippen molar-refractivity contribution in [2.24, 2.45) is 0 Å². The van der Waals surface area contributed by atoms with E-state index in [1.54, 1.807) is 7.11 Å². The maximum Gasteiger partial charge on any atom is 0.119 e. The van der Waals surface area contributed by atoms with Crippen molar-refractivity contribution in [2.75, 3.05) is 13.7 Å². The Kier molecular flexibility index (Phi) is 7.51. The van der Waals surface area contributed by atoms with Crippen molar-refractivity contribution in [2.45, 2.75) is 52.0 Å². The maximum atomic E-state index is 5.27. The molecular formula is C16H27NO. The zero-order valence-corrected chi connectivity index (χ0v) is 12.0. The predicted molar refractivity (Wildman–Crippen MR) is 78.3 cm³/mol. The Bertz CT molecular complexity index is 325. The van der Waals surface area contributed by atoms with E-state index in [4.69, 9.17) is 4.74 Å². The number of hydrogen-bond acceptors (Lipinski definition) is 2. The van der Waals surface area contributed by atoms with Crippen LogP contribution in [0.5, 0.6) is 5.75 Å². The van der Waals surface area contributed by atoms with Crippen molar-refractivity contribution in [1.82, 2.24) is 5.32 Å². The quantitative estimate of drug-likeness (QED) is 0.672. The minimum atomic E-state index is 0.591. The van der Waals surface area contributed by atoms with E-state index in [1.807, 2.05) is 6.07 Å². The van der Waals surface area contributed by atoms with E-state index in [-0.39, 0.29) is 0 Å². The van der Waals surface area contributed by atoms with Crippen molar-refractivity contribution >= 4 is 0 Å². The molecule has 1 N–H and O–H groups in total. The topological polar surface area (TPSA) is 21.3 Å². The van der Waals surface area contributed by atoms with Crippen LogP contribution in [-0.4, -0.2) is 19.7 Å². The lowest BCUT2D eigenvalue weighted by Gasteiger charge is -2.18. The molecule has 1 aromatic rings. The number of ether oxygens (including phenoxy) is 1. The number of unbranched alkanes of at least 4 members (excludes halogenated alkanes) is 2. The highest BCUT2D eigenvalue weighted by atomic mass is 16.5. The van der Waals surface area contributed by atoms with E-state index < -0.39 is 0 Å². The number of likely N-dealkylation sites (N-methyl/N-ethyl adjacent to an activating group) is 1. The molecule has 0 bridgehead atoms. The number of benzene rings is 1. The molecule has 0 spiro atoms. The van der Waals surface area contributed by atoms with Gasteiger partial charge in [-0.2, -0.15) is 0 Å². The van der Waals surface area contributed by atoms with Gasteiger partial charge in [-0.25, -0.2) is 0 Å². The Hall–Kier alpha value is -1.02. The van der Waals surface area contributed by atoms with Gasteiger partial charge >= 0.3 is 0 Å². The summed E-state index contributed by atoms with van der Waals surface area (Å²) in [6.45, 7) is 5.48. The molecule has 0 heterocycles. The first-order chi connectivity index (χ1) is 8.80. The average molecular weight is 249 g/mol. The Labute approximate surface area is 112 Å². The molecule has 2 nitrogen and oxygen atoms in total. The summed E-state index contributed by atoms with van der Waals surface area (Å²) < 4.78 is 5.27. The first-order valence-corrected chi connectivity index (χ1v) is 7.16. The van der Waals surface area contributed by atoms with E-state index in [2.05, 4.69) is 37.4 Å². The minimum absolute atomic E-state index is 0.591. The van der Waals surface area contributed by atoms with E-state index in [0.717, 1.165) is 18.7 Å². The van der Waals surface area contributed by atoms with Gasteiger partial charge in [0.15, 0.2) is 0 Å². The monoisotopic (exact) mass is 249 g/mol. The van der Waals surface area contributed by atoms with Crippen LogP contribution >= 0.6 is 0 Å². The zero-order valence-electron chi connectivity index (χ0n) is 12.0. The lowest BCUT2D eigenvalue weighted by atomic mass is 10.00. The molecule has 102 valence electrons. The highest BCUT2D eigenvalue weighted by Crippen LogP contribution is 2.16. The summed E-state index contributed by atoms with van der Waals surface area (Å²) in [5.41, 5.74) is 1.36. The van der Waals surface area contributed by atoms with Crippen molar-refractivity contribution in [3.8, 4) is 5.75 Å². The molecule has 0 aromatic heterocycles. The number of nitrogens with one attached hydrogen (secondary N) is 1. The fraction of sp³-hybridized carbons (Fsp3) is 0.625. The maximum absolute atomic E-state index is 5.27. The fourth-order valence-corrected chi connectivity index (χ4v) is 2.29. The third-order valence-corrected chi connectivity index (χ3v) is 3.27. The molecule has 0 saturated heterocycles. The van der Waals surface area contributed by atoms with Crippen molar-refractivity contribution in [3.05, 3.63) is 29.8 Å². The van der Waals surface area contributed by atoms with Gasteiger partial charge in [-0.05, 0) is 37.1 Å². The third kappa shape index (κ3) is 5.54. The first-order valence-electron chi connectivity index (χ1n) is 7.16. The van der Waals surface area contributed by atoms with E-state index in [9.17, 15) is 0 Å².